The van der Waals surface area contributed by atoms with Crippen LogP contribution in [0.25, 0.3) is 0 Å². The molecule has 8 nitrogen and oxygen atoms in total. The number of pyridine rings is 1. The lowest BCUT2D eigenvalue weighted by Gasteiger charge is -2.56. The van der Waals surface area contributed by atoms with E-state index in [9.17, 15) is 28.3 Å². The molecule has 4 heterocycles. The Bertz CT molecular complexity index is 1280. The number of aromatic hydroxyl groups is 1. The third-order valence-electron chi connectivity index (χ3n) is 7.58. The SMILES string of the molecule is CC1CC(Cc2ccc(F)cc2F)N(C2CCSCC2)C2Cn3cc(C(N)=O)c(=O)c(O)c3C(=O)N12. The molecule has 2 fully saturated rings. The molecular weight excluding hydrogens is 490 g/mol. The summed E-state index contributed by atoms with van der Waals surface area (Å²) < 4.78 is 29.6. The third-order valence-corrected chi connectivity index (χ3v) is 8.63. The highest BCUT2D eigenvalue weighted by Gasteiger charge is 2.48. The van der Waals surface area contributed by atoms with Crippen LogP contribution in [0.3, 0.4) is 0 Å². The molecule has 1 aromatic heterocycles. The fourth-order valence-electron chi connectivity index (χ4n) is 5.97. The summed E-state index contributed by atoms with van der Waals surface area (Å²) >= 11 is 1.87. The Morgan fingerprint density at radius 2 is 1.94 bits per heavy atom. The summed E-state index contributed by atoms with van der Waals surface area (Å²) in [4.78, 5) is 41.9. The second-order valence-electron chi connectivity index (χ2n) is 9.75. The first-order valence-corrected chi connectivity index (χ1v) is 13.2. The van der Waals surface area contributed by atoms with Gasteiger partial charge in [0.05, 0.1) is 6.54 Å². The van der Waals surface area contributed by atoms with Crippen LogP contribution in [0.1, 0.15) is 52.6 Å². The van der Waals surface area contributed by atoms with Gasteiger partial charge < -0.3 is 20.3 Å². The van der Waals surface area contributed by atoms with Crippen LogP contribution < -0.4 is 11.2 Å². The molecule has 3 aliphatic heterocycles. The lowest BCUT2D eigenvalue weighted by atomic mass is 9.89. The highest BCUT2D eigenvalue weighted by Crippen LogP contribution is 2.38. The molecule has 0 bridgehead atoms. The minimum atomic E-state index is -0.983. The van der Waals surface area contributed by atoms with Crippen molar-refractivity contribution in [2.75, 3.05) is 11.5 Å². The van der Waals surface area contributed by atoms with Crippen molar-refractivity contribution in [3.05, 3.63) is 63.1 Å². The van der Waals surface area contributed by atoms with Crippen molar-refractivity contribution in [3.63, 3.8) is 0 Å². The maximum absolute atomic E-state index is 14.6. The van der Waals surface area contributed by atoms with Crippen LogP contribution in [-0.2, 0) is 13.0 Å². The fourth-order valence-corrected chi connectivity index (χ4v) is 7.06. The smallest absolute Gasteiger partial charge is 0.276 e. The number of carbonyl (C=O) groups excluding carboxylic acids is 2. The van der Waals surface area contributed by atoms with Crippen molar-refractivity contribution >= 4 is 23.6 Å². The molecule has 2 amide bonds. The first kappa shape index (κ1) is 24.8. The molecule has 192 valence electrons. The van der Waals surface area contributed by atoms with Crippen LogP contribution in [0.4, 0.5) is 8.78 Å². The largest absolute Gasteiger partial charge is 0.503 e. The van der Waals surface area contributed by atoms with Gasteiger partial charge >= 0.3 is 0 Å². The van der Waals surface area contributed by atoms with Gasteiger partial charge in [-0.2, -0.15) is 11.8 Å². The Balaban J connectivity index is 1.58. The van der Waals surface area contributed by atoms with Crippen molar-refractivity contribution in [1.29, 1.82) is 0 Å². The summed E-state index contributed by atoms with van der Waals surface area (Å²) in [5.74, 6) is -1.56. The third kappa shape index (κ3) is 4.17. The molecule has 0 saturated carbocycles. The Hall–Kier alpha value is -2.92. The normalized spacial score (nSPS) is 24.9. The second kappa shape index (κ2) is 9.51. The number of amides is 2. The van der Waals surface area contributed by atoms with Crippen LogP contribution in [-0.4, -0.2) is 67.1 Å². The molecule has 0 radical (unpaired) electrons. The number of fused-ring (bicyclic) bond motifs is 2. The number of primary amides is 1. The summed E-state index contributed by atoms with van der Waals surface area (Å²) in [6, 6.07) is 3.37. The van der Waals surface area contributed by atoms with E-state index in [0.29, 0.717) is 18.4 Å². The highest BCUT2D eigenvalue weighted by molar-refractivity contribution is 7.99. The number of hydrogen-bond acceptors (Lipinski definition) is 6. The molecule has 3 atom stereocenters. The molecule has 2 aromatic rings. The number of aromatic nitrogens is 1. The Morgan fingerprint density at radius 3 is 2.61 bits per heavy atom. The van der Waals surface area contributed by atoms with Gasteiger partial charge in [0.2, 0.25) is 5.43 Å². The summed E-state index contributed by atoms with van der Waals surface area (Å²) in [6.45, 7) is 2.11. The second-order valence-corrected chi connectivity index (χ2v) is 11.0. The van der Waals surface area contributed by atoms with Crippen molar-refractivity contribution in [1.82, 2.24) is 14.4 Å². The van der Waals surface area contributed by atoms with E-state index in [4.69, 9.17) is 5.73 Å². The fraction of sp³-hybridized carbons (Fsp3) is 0.480. The highest BCUT2D eigenvalue weighted by atomic mass is 32.2. The Morgan fingerprint density at radius 1 is 1.22 bits per heavy atom. The van der Waals surface area contributed by atoms with Gasteiger partial charge in [0.15, 0.2) is 11.4 Å². The Kier molecular flexibility index (Phi) is 6.54. The van der Waals surface area contributed by atoms with Gasteiger partial charge in [0.1, 0.15) is 23.4 Å². The van der Waals surface area contributed by atoms with Crippen LogP contribution in [0.2, 0.25) is 0 Å². The summed E-state index contributed by atoms with van der Waals surface area (Å²) in [6.07, 6.45) is 3.51. The maximum Gasteiger partial charge on any atom is 0.276 e. The van der Waals surface area contributed by atoms with Gasteiger partial charge in [-0.3, -0.25) is 19.3 Å². The number of nitrogens with zero attached hydrogens (tertiary/aromatic N) is 3. The van der Waals surface area contributed by atoms with E-state index in [1.54, 1.807) is 4.90 Å². The predicted octanol–water partition coefficient (Wildman–Crippen LogP) is 2.31. The lowest BCUT2D eigenvalue weighted by molar-refractivity contribution is -0.0835. The molecule has 1 aromatic carbocycles. The van der Waals surface area contributed by atoms with Gasteiger partial charge in [0, 0.05) is 30.4 Å². The van der Waals surface area contributed by atoms with Gasteiger partial charge in [0.25, 0.3) is 11.8 Å². The minimum Gasteiger partial charge on any atom is -0.503 e. The topological polar surface area (TPSA) is 109 Å². The van der Waals surface area contributed by atoms with Crippen molar-refractivity contribution in [3.8, 4) is 5.75 Å². The van der Waals surface area contributed by atoms with Crippen LogP contribution >= 0.6 is 11.8 Å². The number of halogens is 2. The number of nitrogens with two attached hydrogens (primary N) is 1. The number of carbonyl (C=O) groups is 2. The van der Waals surface area contributed by atoms with E-state index in [0.717, 1.165) is 30.4 Å². The molecule has 3 N–H and O–H groups in total. The van der Waals surface area contributed by atoms with Crippen molar-refractivity contribution < 1.29 is 23.5 Å². The zero-order valence-corrected chi connectivity index (χ0v) is 20.6. The zero-order valence-electron chi connectivity index (χ0n) is 19.8. The molecule has 36 heavy (non-hydrogen) atoms. The van der Waals surface area contributed by atoms with Gasteiger partial charge in [-0.25, -0.2) is 8.78 Å². The number of thioether (sulfide) groups is 1. The molecule has 0 spiro atoms. The summed E-state index contributed by atoms with van der Waals surface area (Å²) in [5, 5.41) is 10.6. The van der Waals surface area contributed by atoms with E-state index in [1.807, 2.05) is 18.7 Å². The van der Waals surface area contributed by atoms with E-state index >= 15 is 0 Å². The molecule has 0 aliphatic carbocycles. The lowest BCUT2D eigenvalue weighted by Crippen LogP contribution is -2.69. The molecule has 5 rings (SSSR count). The monoisotopic (exact) mass is 518 g/mol. The van der Waals surface area contributed by atoms with Crippen LogP contribution in [0.5, 0.6) is 5.75 Å². The van der Waals surface area contributed by atoms with Crippen molar-refractivity contribution in [2.45, 2.75) is 63.4 Å². The van der Waals surface area contributed by atoms with Crippen LogP contribution in [0.15, 0.2) is 29.2 Å². The van der Waals surface area contributed by atoms with E-state index in [-0.39, 0.29) is 35.9 Å². The maximum atomic E-state index is 14.6. The quantitative estimate of drug-likeness (QED) is 0.643. The van der Waals surface area contributed by atoms with Crippen LogP contribution in [0, 0.1) is 11.6 Å². The van der Waals surface area contributed by atoms with Crippen molar-refractivity contribution in [2.24, 2.45) is 5.73 Å². The standard InChI is InChI=1S/C25H28F2N4O4S/c1-13-8-17(9-14-2-3-15(26)10-19(14)27)31(16-4-6-36-7-5-16)20-12-29-11-18(24(28)34)22(32)23(33)21(29)25(35)30(13)20/h2-3,10-11,13,16-17,20,33H,4-9,12H2,1H3,(H2,28,34). The average Bonchev–Trinajstić information content (AvgIpc) is 2.83. The minimum absolute atomic E-state index is 0.118. The first-order chi connectivity index (χ1) is 17.2. The zero-order chi connectivity index (χ0) is 25.7. The average molecular weight is 519 g/mol. The van der Waals surface area contributed by atoms with Gasteiger partial charge in [-0.15, -0.1) is 0 Å². The molecule has 11 heteroatoms. The van der Waals surface area contributed by atoms with E-state index in [1.165, 1.54) is 22.9 Å². The molecule has 3 unspecified atom stereocenters. The number of benzene rings is 1. The van der Waals surface area contributed by atoms with E-state index in [2.05, 4.69) is 4.90 Å². The Labute approximate surface area is 211 Å². The molecule has 3 aliphatic rings. The first-order valence-electron chi connectivity index (χ1n) is 12.0. The summed E-state index contributed by atoms with van der Waals surface area (Å²) in [5.41, 5.74) is 4.26. The predicted molar refractivity (Wildman–Crippen MR) is 131 cm³/mol. The van der Waals surface area contributed by atoms with Gasteiger partial charge in [-0.1, -0.05) is 6.07 Å². The number of rotatable bonds is 4. The summed E-state index contributed by atoms with van der Waals surface area (Å²) in [7, 11) is 0. The molecular formula is C25H28F2N4O4S. The van der Waals surface area contributed by atoms with Gasteiger partial charge in [-0.05, 0) is 55.7 Å². The number of hydrogen-bond donors (Lipinski definition) is 2. The van der Waals surface area contributed by atoms with E-state index < -0.39 is 40.8 Å². The molecule has 2 saturated heterocycles.